The molecule has 0 saturated carbocycles. The zero-order valence-corrected chi connectivity index (χ0v) is 8.98. The molecule has 1 N–H and O–H groups in total. The number of carbonyl (C=O) groups is 1. The summed E-state index contributed by atoms with van der Waals surface area (Å²) in [5.74, 6) is 1.89. The van der Waals surface area contributed by atoms with E-state index in [2.05, 4.69) is 10.8 Å². The third kappa shape index (κ3) is 4.82. The molecular formula is C11H18N2O2. The Morgan fingerprint density at radius 3 is 2.60 bits per heavy atom. The zero-order valence-electron chi connectivity index (χ0n) is 8.98. The van der Waals surface area contributed by atoms with Crippen molar-refractivity contribution in [2.75, 3.05) is 39.3 Å². The molecule has 1 aliphatic heterocycles. The van der Waals surface area contributed by atoms with Crippen LogP contribution in [0, 0.1) is 12.3 Å². The van der Waals surface area contributed by atoms with E-state index in [1.165, 1.54) is 0 Å². The zero-order chi connectivity index (χ0) is 11.1. The molecule has 0 aromatic rings. The molecule has 0 radical (unpaired) electrons. The van der Waals surface area contributed by atoms with Crippen LogP contribution in [0.4, 0.5) is 0 Å². The Hall–Kier alpha value is -1.05. The van der Waals surface area contributed by atoms with Gasteiger partial charge in [0.2, 0.25) is 0 Å². The fraction of sp³-hybridized carbons (Fsp3) is 0.727. The van der Waals surface area contributed by atoms with E-state index in [9.17, 15) is 4.79 Å². The highest BCUT2D eigenvalue weighted by Crippen LogP contribution is 2.03. The second-order valence-corrected chi connectivity index (χ2v) is 3.82. The van der Waals surface area contributed by atoms with E-state index in [0.29, 0.717) is 0 Å². The second-order valence-electron chi connectivity index (χ2n) is 3.82. The van der Waals surface area contributed by atoms with Gasteiger partial charge in [-0.1, -0.05) is 0 Å². The van der Waals surface area contributed by atoms with Crippen LogP contribution in [-0.2, 0) is 4.79 Å². The molecule has 0 aromatic carbocycles. The van der Waals surface area contributed by atoms with Gasteiger partial charge in [-0.05, 0) is 13.0 Å². The normalized spacial score (nSPS) is 19.4. The number of carboxylic acid groups (broad SMARTS) is 1. The smallest absolute Gasteiger partial charge is 0.317 e. The van der Waals surface area contributed by atoms with Gasteiger partial charge in [-0.25, -0.2) is 0 Å². The van der Waals surface area contributed by atoms with Gasteiger partial charge in [0, 0.05) is 32.6 Å². The van der Waals surface area contributed by atoms with Crippen molar-refractivity contribution in [1.82, 2.24) is 9.80 Å². The Morgan fingerprint density at radius 1 is 1.27 bits per heavy atom. The Labute approximate surface area is 90.9 Å². The van der Waals surface area contributed by atoms with Crippen molar-refractivity contribution >= 4 is 5.97 Å². The monoisotopic (exact) mass is 210 g/mol. The number of hydrogen-bond donors (Lipinski definition) is 1. The average Bonchev–Trinajstić information content (AvgIpc) is 2.40. The molecule has 84 valence electrons. The maximum absolute atomic E-state index is 10.6. The van der Waals surface area contributed by atoms with E-state index >= 15 is 0 Å². The third-order valence-electron chi connectivity index (χ3n) is 2.61. The fourth-order valence-electron chi connectivity index (χ4n) is 1.82. The van der Waals surface area contributed by atoms with Crippen LogP contribution in [0.15, 0.2) is 0 Å². The molecule has 0 amide bonds. The second kappa shape index (κ2) is 6.44. The molecular weight excluding hydrogens is 192 g/mol. The SMILES string of the molecule is C#CCCN1CCCN(CC(=O)O)CC1. The molecule has 4 nitrogen and oxygen atoms in total. The van der Waals surface area contributed by atoms with Gasteiger partial charge in [0.05, 0.1) is 6.54 Å². The summed E-state index contributed by atoms with van der Waals surface area (Å²) in [6.45, 7) is 4.74. The molecule has 1 fully saturated rings. The van der Waals surface area contributed by atoms with Gasteiger partial charge >= 0.3 is 5.97 Å². The van der Waals surface area contributed by atoms with Gasteiger partial charge in [0.25, 0.3) is 0 Å². The molecule has 0 atom stereocenters. The standard InChI is InChI=1S/C11H18N2O2/c1-2-3-5-12-6-4-7-13(9-8-12)10-11(14)15/h1H,3-10H2,(H,14,15). The third-order valence-corrected chi connectivity index (χ3v) is 2.61. The van der Waals surface area contributed by atoms with E-state index in [1.54, 1.807) is 0 Å². The molecule has 0 unspecified atom stereocenters. The molecule has 1 rings (SSSR count). The first kappa shape index (κ1) is 12.0. The van der Waals surface area contributed by atoms with Crippen molar-refractivity contribution in [3.63, 3.8) is 0 Å². The Morgan fingerprint density at radius 2 is 1.93 bits per heavy atom. The first-order chi connectivity index (χ1) is 7.22. The largest absolute Gasteiger partial charge is 0.480 e. The van der Waals surface area contributed by atoms with Gasteiger partial charge in [0.15, 0.2) is 0 Å². The molecule has 1 aliphatic rings. The van der Waals surface area contributed by atoms with Crippen LogP contribution in [0.2, 0.25) is 0 Å². The highest BCUT2D eigenvalue weighted by molar-refractivity contribution is 5.69. The van der Waals surface area contributed by atoms with Crippen molar-refractivity contribution < 1.29 is 9.90 Å². The van der Waals surface area contributed by atoms with E-state index in [1.807, 2.05) is 4.90 Å². The van der Waals surface area contributed by atoms with Crippen LogP contribution in [0.5, 0.6) is 0 Å². The molecule has 15 heavy (non-hydrogen) atoms. The lowest BCUT2D eigenvalue weighted by Gasteiger charge is -2.19. The highest BCUT2D eigenvalue weighted by atomic mass is 16.4. The highest BCUT2D eigenvalue weighted by Gasteiger charge is 2.15. The minimum absolute atomic E-state index is 0.156. The molecule has 4 heteroatoms. The summed E-state index contributed by atoms with van der Waals surface area (Å²) in [5.41, 5.74) is 0. The number of hydrogen-bond acceptors (Lipinski definition) is 3. The molecule has 1 saturated heterocycles. The van der Waals surface area contributed by atoms with Crippen molar-refractivity contribution in [2.45, 2.75) is 12.8 Å². The molecule has 0 bridgehead atoms. The first-order valence-electron chi connectivity index (χ1n) is 5.32. The van der Waals surface area contributed by atoms with Gasteiger partial charge in [-0.2, -0.15) is 0 Å². The maximum atomic E-state index is 10.6. The number of rotatable bonds is 4. The molecule has 1 heterocycles. The summed E-state index contributed by atoms with van der Waals surface area (Å²) in [7, 11) is 0. The van der Waals surface area contributed by atoms with E-state index in [-0.39, 0.29) is 6.54 Å². The quantitative estimate of drug-likeness (QED) is 0.668. The Balaban J connectivity index is 2.29. The predicted octanol–water partition coefficient (Wildman–Crippen LogP) is 0.102. The fourth-order valence-corrected chi connectivity index (χ4v) is 1.82. The molecule has 0 aromatic heterocycles. The average molecular weight is 210 g/mol. The maximum Gasteiger partial charge on any atom is 0.317 e. The van der Waals surface area contributed by atoms with Crippen molar-refractivity contribution in [2.24, 2.45) is 0 Å². The summed E-state index contributed by atoms with van der Waals surface area (Å²) in [6, 6.07) is 0. The van der Waals surface area contributed by atoms with Gasteiger partial charge in [-0.15, -0.1) is 12.3 Å². The van der Waals surface area contributed by atoms with Crippen LogP contribution >= 0.6 is 0 Å². The van der Waals surface area contributed by atoms with Crippen LogP contribution in [0.25, 0.3) is 0 Å². The topological polar surface area (TPSA) is 43.8 Å². The van der Waals surface area contributed by atoms with Crippen LogP contribution < -0.4 is 0 Å². The van der Waals surface area contributed by atoms with Crippen LogP contribution in [0.1, 0.15) is 12.8 Å². The van der Waals surface area contributed by atoms with Crippen LogP contribution in [-0.4, -0.2) is 60.1 Å². The minimum atomic E-state index is -0.743. The number of nitrogens with zero attached hydrogens (tertiary/aromatic N) is 2. The number of carboxylic acids is 1. The summed E-state index contributed by atoms with van der Waals surface area (Å²) < 4.78 is 0. The predicted molar refractivity (Wildman–Crippen MR) is 58.6 cm³/mol. The lowest BCUT2D eigenvalue weighted by Crippen LogP contribution is -2.34. The van der Waals surface area contributed by atoms with Crippen molar-refractivity contribution in [3.8, 4) is 12.3 Å². The molecule has 0 spiro atoms. The Bertz CT molecular complexity index is 247. The van der Waals surface area contributed by atoms with E-state index in [4.69, 9.17) is 11.5 Å². The summed E-state index contributed by atoms with van der Waals surface area (Å²) in [6.07, 6.45) is 7.02. The van der Waals surface area contributed by atoms with Crippen molar-refractivity contribution in [1.29, 1.82) is 0 Å². The summed E-state index contributed by atoms with van der Waals surface area (Å²) in [5, 5.41) is 8.68. The number of aliphatic carboxylic acids is 1. The summed E-state index contributed by atoms with van der Waals surface area (Å²) in [4.78, 5) is 14.8. The van der Waals surface area contributed by atoms with E-state index in [0.717, 1.165) is 45.6 Å². The van der Waals surface area contributed by atoms with Crippen LogP contribution in [0.3, 0.4) is 0 Å². The van der Waals surface area contributed by atoms with Gasteiger partial charge in [-0.3, -0.25) is 9.69 Å². The van der Waals surface area contributed by atoms with E-state index < -0.39 is 5.97 Å². The minimum Gasteiger partial charge on any atom is -0.480 e. The lowest BCUT2D eigenvalue weighted by atomic mass is 10.3. The lowest BCUT2D eigenvalue weighted by molar-refractivity contribution is -0.138. The van der Waals surface area contributed by atoms with Gasteiger partial charge in [0.1, 0.15) is 0 Å². The Kier molecular flexibility index (Phi) is 5.16. The summed E-state index contributed by atoms with van der Waals surface area (Å²) >= 11 is 0. The molecule has 0 aliphatic carbocycles. The van der Waals surface area contributed by atoms with Crippen molar-refractivity contribution in [3.05, 3.63) is 0 Å². The van der Waals surface area contributed by atoms with Gasteiger partial charge < -0.3 is 10.0 Å². The number of terminal acetylenes is 1. The first-order valence-corrected chi connectivity index (χ1v) is 5.32.